The molecule has 2 N–H and O–H groups in total. The first-order valence-corrected chi connectivity index (χ1v) is 10.6. The van der Waals surface area contributed by atoms with Crippen LogP contribution in [-0.4, -0.2) is 50.2 Å². The average molecular weight is 522 g/mol. The van der Waals surface area contributed by atoms with Gasteiger partial charge < -0.3 is 15.4 Å². The van der Waals surface area contributed by atoms with Crippen LogP contribution >= 0.6 is 24.0 Å². The molecule has 1 aliphatic rings. The van der Waals surface area contributed by atoms with E-state index in [0.29, 0.717) is 12.1 Å². The first-order chi connectivity index (χ1) is 14.2. The minimum Gasteiger partial charge on any atom is -0.497 e. The maximum atomic E-state index is 5.30. The van der Waals surface area contributed by atoms with E-state index in [0.717, 1.165) is 50.6 Å². The SMILES string of the molecule is CN=C(NCCc1cccc(OC)c1)NC1CCN(Cc2ccccc2)C(C)C1.I. The molecule has 2 unspecified atom stereocenters. The van der Waals surface area contributed by atoms with Crippen molar-refractivity contribution in [3.63, 3.8) is 0 Å². The van der Waals surface area contributed by atoms with E-state index in [-0.39, 0.29) is 24.0 Å². The van der Waals surface area contributed by atoms with E-state index in [2.05, 4.69) is 69.9 Å². The molecular weight excluding hydrogens is 487 g/mol. The fourth-order valence-electron chi connectivity index (χ4n) is 3.95. The summed E-state index contributed by atoms with van der Waals surface area (Å²) in [5, 5.41) is 7.07. The molecule has 0 saturated carbocycles. The Morgan fingerprint density at radius 1 is 1.13 bits per heavy atom. The molecule has 0 aliphatic carbocycles. The molecule has 2 aromatic carbocycles. The molecule has 164 valence electrons. The highest BCUT2D eigenvalue weighted by Gasteiger charge is 2.25. The van der Waals surface area contributed by atoms with E-state index >= 15 is 0 Å². The van der Waals surface area contributed by atoms with Crippen LogP contribution in [0.15, 0.2) is 59.6 Å². The van der Waals surface area contributed by atoms with Crippen molar-refractivity contribution in [2.75, 3.05) is 27.2 Å². The third-order valence-corrected chi connectivity index (χ3v) is 5.65. The fourth-order valence-corrected chi connectivity index (χ4v) is 3.95. The molecule has 3 rings (SSSR count). The molecule has 5 nitrogen and oxygen atoms in total. The molecule has 0 bridgehead atoms. The standard InChI is InChI=1S/C24H34N4O.HI/c1-19-16-22(13-15-28(19)18-21-8-5-4-6-9-21)27-24(25-2)26-14-12-20-10-7-11-23(17-20)29-3;/h4-11,17,19,22H,12-16,18H2,1-3H3,(H2,25,26,27);1H. The Kier molecular flexibility index (Phi) is 10.4. The largest absolute Gasteiger partial charge is 0.497 e. The van der Waals surface area contributed by atoms with Gasteiger partial charge in [-0.2, -0.15) is 0 Å². The Bertz CT molecular complexity index is 784. The number of piperidine rings is 1. The number of hydrogen-bond donors (Lipinski definition) is 2. The number of hydrogen-bond acceptors (Lipinski definition) is 3. The van der Waals surface area contributed by atoms with Gasteiger partial charge in [-0.05, 0) is 49.4 Å². The lowest BCUT2D eigenvalue weighted by atomic mass is 9.97. The molecule has 2 aromatic rings. The van der Waals surface area contributed by atoms with Crippen LogP contribution in [-0.2, 0) is 13.0 Å². The molecule has 6 heteroatoms. The van der Waals surface area contributed by atoms with Crippen LogP contribution in [0.4, 0.5) is 0 Å². The third kappa shape index (κ3) is 7.47. The van der Waals surface area contributed by atoms with Crippen LogP contribution in [0.25, 0.3) is 0 Å². The smallest absolute Gasteiger partial charge is 0.191 e. The number of methoxy groups -OCH3 is 1. The van der Waals surface area contributed by atoms with Crippen LogP contribution in [0.5, 0.6) is 5.75 Å². The molecule has 1 heterocycles. The van der Waals surface area contributed by atoms with Gasteiger partial charge in [0.05, 0.1) is 7.11 Å². The summed E-state index contributed by atoms with van der Waals surface area (Å²) < 4.78 is 5.30. The van der Waals surface area contributed by atoms with Crippen molar-refractivity contribution in [2.24, 2.45) is 4.99 Å². The minimum absolute atomic E-state index is 0. The van der Waals surface area contributed by atoms with Crippen LogP contribution in [0.2, 0.25) is 0 Å². The van der Waals surface area contributed by atoms with Gasteiger partial charge in [-0.3, -0.25) is 9.89 Å². The zero-order valence-corrected chi connectivity index (χ0v) is 20.6. The van der Waals surface area contributed by atoms with Crippen molar-refractivity contribution in [3.05, 3.63) is 65.7 Å². The van der Waals surface area contributed by atoms with Crippen molar-refractivity contribution in [1.29, 1.82) is 0 Å². The van der Waals surface area contributed by atoms with Crippen molar-refractivity contribution in [1.82, 2.24) is 15.5 Å². The minimum atomic E-state index is 0. The average Bonchev–Trinajstić information content (AvgIpc) is 2.76. The zero-order valence-electron chi connectivity index (χ0n) is 18.3. The van der Waals surface area contributed by atoms with Crippen molar-refractivity contribution in [3.8, 4) is 5.75 Å². The predicted octanol–water partition coefficient (Wildman–Crippen LogP) is 4.07. The molecular formula is C24H35IN4O. The van der Waals surface area contributed by atoms with Crippen molar-refractivity contribution < 1.29 is 4.74 Å². The number of aliphatic imine (C=N–C) groups is 1. The van der Waals surface area contributed by atoms with E-state index < -0.39 is 0 Å². The maximum Gasteiger partial charge on any atom is 0.191 e. The fraction of sp³-hybridized carbons (Fsp3) is 0.458. The van der Waals surface area contributed by atoms with Crippen LogP contribution in [0.3, 0.4) is 0 Å². The molecule has 0 amide bonds. The molecule has 1 fully saturated rings. The van der Waals surface area contributed by atoms with E-state index in [1.165, 1.54) is 11.1 Å². The summed E-state index contributed by atoms with van der Waals surface area (Å²) in [6.07, 6.45) is 3.20. The Morgan fingerprint density at radius 3 is 2.60 bits per heavy atom. The third-order valence-electron chi connectivity index (χ3n) is 5.65. The first kappa shape index (κ1) is 24.5. The summed E-state index contributed by atoms with van der Waals surface area (Å²) in [6, 6.07) is 20.0. The van der Waals surface area contributed by atoms with Gasteiger partial charge in [-0.1, -0.05) is 42.5 Å². The number of halogens is 1. The van der Waals surface area contributed by atoms with E-state index in [1.807, 2.05) is 19.2 Å². The summed E-state index contributed by atoms with van der Waals surface area (Å²) >= 11 is 0. The van der Waals surface area contributed by atoms with Gasteiger partial charge in [-0.25, -0.2) is 0 Å². The highest BCUT2D eigenvalue weighted by atomic mass is 127. The lowest BCUT2D eigenvalue weighted by Gasteiger charge is -2.38. The van der Waals surface area contributed by atoms with E-state index in [9.17, 15) is 0 Å². The molecule has 0 radical (unpaired) electrons. The maximum absolute atomic E-state index is 5.30. The van der Waals surface area contributed by atoms with Crippen molar-refractivity contribution >= 4 is 29.9 Å². The van der Waals surface area contributed by atoms with Gasteiger partial charge in [0.25, 0.3) is 0 Å². The van der Waals surface area contributed by atoms with E-state index in [4.69, 9.17) is 4.74 Å². The normalized spacial score (nSPS) is 19.6. The Hall–Kier alpha value is -1.80. The van der Waals surface area contributed by atoms with Gasteiger partial charge in [0.1, 0.15) is 5.75 Å². The van der Waals surface area contributed by atoms with Gasteiger partial charge >= 0.3 is 0 Å². The second kappa shape index (κ2) is 12.8. The topological polar surface area (TPSA) is 48.9 Å². The second-order valence-corrected chi connectivity index (χ2v) is 7.77. The highest BCUT2D eigenvalue weighted by Crippen LogP contribution is 2.20. The number of ether oxygens (including phenoxy) is 1. The summed E-state index contributed by atoms with van der Waals surface area (Å²) in [4.78, 5) is 6.99. The Morgan fingerprint density at radius 2 is 1.90 bits per heavy atom. The monoisotopic (exact) mass is 522 g/mol. The van der Waals surface area contributed by atoms with Crippen LogP contribution < -0.4 is 15.4 Å². The summed E-state index contributed by atoms with van der Waals surface area (Å²) in [6.45, 7) is 5.31. The predicted molar refractivity (Wildman–Crippen MR) is 136 cm³/mol. The highest BCUT2D eigenvalue weighted by molar-refractivity contribution is 14.0. The number of rotatable bonds is 7. The van der Waals surface area contributed by atoms with Gasteiger partial charge in [-0.15, -0.1) is 24.0 Å². The number of guanidine groups is 1. The second-order valence-electron chi connectivity index (χ2n) is 7.77. The molecule has 0 aromatic heterocycles. The number of nitrogens with zero attached hydrogens (tertiary/aromatic N) is 2. The van der Waals surface area contributed by atoms with Crippen LogP contribution in [0, 0.1) is 0 Å². The molecule has 0 spiro atoms. The molecule has 30 heavy (non-hydrogen) atoms. The van der Waals surface area contributed by atoms with Crippen LogP contribution in [0.1, 0.15) is 30.9 Å². The van der Waals surface area contributed by atoms with Crippen molar-refractivity contribution in [2.45, 2.75) is 44.8 Å². The molecule has 2 atom stereocenters. The quantitative estimate of drug-likeness (QED) is 0.327. The Labute approximate surface area is 198 Å². The molecule has 1 saturated heterocycles. The van der Waals surface area contributed by atoms with Gasteiger partial charge in [0.15, 0.2) is 5.96 Å². The summed E-state index contributed by atoms with van der Waals surface area (Å²) in [5.41, 5.74) is 2.65. The number of benzene rings is 2. The first-order valence-electron chi connectivity index (χ1n) is 10.6. The Balaban J connectivity index is 0.00000320. The lowest BCUT2D eigenvalue weighted by molar-refractivity contribution is 0.134. The number of nitrogens with one attached hydrogen (secondary N) is 2. The lowest BCUT2D eigenvalue weighted by Crippen LogP contribution is -2.51. The van der Waals surface area contributed by atoms with E-state index in [1.54, 1.807) is 7.11 Å². The summed E-state index contributed by atoms with van der Waals surface area (Å²) in [7, 11) is 3.55. The van der Waals surface area contributed by atoms with Gasteiger partial charge in [0.2, 0.25) is 0 Å². The zero-order chi connectivity index (χ0) is 20.5. The van der Waals surface area contributed by atoms with Gasteiger partial charge in [0, 0.05) is 38.8 Å². The summed E-state index contributed by atoms with van der Waals surface area (Å²) in [5.74, 6) is 1.79. The molecule has 1 aliphatic heterocycles. The number of likely N-dealkylation sites (tertiary alicyclic amines) is 1.